The minimum absolute atomic E-state index is 0.198. The van der Waals surface area contributed by atoms with Crippen LogP contribution in [0.15, 0.2) is 59.1 Å². The van der Waals surface area contributed by atoms with Crippen LogP contribution in [0.4, 0.5) is 0 Å². The van der Waals surface area contributed by atoms with E-state index in [4.69, 9.17) is 4.42 Å². The van der Waals surface area contributed by atoms with Crippen molar-refractivity contribution in [2.24, 2.45) is 0 Å². The summed E-state index contributed by atoms with van der Waals surface area (Å²) in [7, 11) is 0. The lowest BCUT2D eigenvalue weighted by molar-refractivity contribution is -0.135. The van der Waals surface area contributed by atoms with Crippen LogP contribution in [-0.2, 0) is 30.5 Å². The Hall–Kier alpha value is -3.02. The Balaban J connectivity index is 1.19. The number of pyridine rings is 1. The van der Waals surface area contributed by atoms with Crippen LogP contribution in [0.25, 0.3) is 0 Å². The van der Waals surface area contributed by atoms with Crippen LogP contribution in [0.3, 0.4) is 0 Å². The highest BCUT2D eigenvalue weighted by molar-refractivity contribution is 5.76. The molecule has 6 nitrogen and oxygen atoms in total. The molecule has 3 heterocycles. The summed E-state index contributed by atoms with van der Waals surface area (Å²) in [6.07, 6.45) is 12.0. The van der Waals surface area contributed by atoms with E-state index >= 15 is 0 Å². The van der Waals surface area contributed by atoms with Crippen molar-refractivity contribution in [3.8, 4) is 0 Å². The number of benzene rings is 1. The number of likely N-dealkylation sites (tertiary alicyclic amines) is 1. The Bertz CT molecular complexity index is 974. The van der Waals surface area contributed by atoms with Crippen molar-refractivity contribution < 1.29 is 9.21 Å². The first-order valence-electron chi connectivity index (χ1n) is 12.3. The lowest BCUT2D eigenvalue weighted by atomic mass is 9.96. The number of aromatic nitrogens is 3. The van der Waals surface area contributed by atoms with Gasteiger partial charge in [0, 0.05) is 43.7 Å². The van der Waals surface area contributed by atoms with Crippen molar-refractivity contribution in [3.63, 3.8) is 0 Å². The maximum atomic E-state index is 13.0. The van der Waals surface area contributed by atoms with Crippen molar-refractivity contribution in [3.05, 3.63) is 77.8 Å². The van der Waals surface area contributed by atoms with E-state index in [1.165, 1.54) is 12.0 Å². The molecule has 1 atom stereocenters. The molecule has 33 heavy (non-hydrogen) atoms. The van der Waals surface area contributed by atoms with Crippen LogP contribution in [0.5, 0.6) is 0 Å². The number of amides is 1. The van der Waals surface area contributed by atoms with Gasteiger partial charge in [-0.05, 0) is 69.1 Å². The summed E-state index contributed by atoms with van der Waals surface area (Å²) in [4.78, 5) is 19.5. The van der Waals surface area contributed by atoms with Crippen LogP contribution >= 0.6 is 0 Å². The van der Waals surface area contributed by atoms with Gasteiger partial charge in [-0.3, -0.25) is 9.78 Å². The number of rotatable bonds is 11. The second-order valence-corrected chi connectivity index (χ2v) is 8.88. The number of aryl methyl sites for hydroxylation is 4. The van der Waals surface area contributed by atoms with Crippen LogP contribution in [0, 0.1) is 0 Å². The molecular weight excluding hydrogens is 412 g/mol. The predicted octanol–water partition coefficient (Wildman–Crippen LogP) is 4.98. The third-order valence-electron chi connectivity index (χ3n) is 6.42. The maximum Gasteiger partial charge on any atom is 0.223 e. The standard InChI is InChI=1S/C27H34N4O2/c32-27(31-21-9-7-14-24(31)17-16-23-13-6-8-20-28-23)19-18-26-30-29-25(33-26)15-5-4-12-22-10-2-1-3-11-22/h1-3,6,8,10-11,13,20,24H,4-5,7,9,12,14-19,21H2/t24-/m1/s1. The minimum Gasteiger partial charge on any atom is -0.425 e. The molecular formula is C27H34N4O2. The molecule has 174 valence electrons. The summed E-state index contributed by atoms with van der Waals surface area (Å²) < 4.78 is 5.80. The van der Waals surface area contributed by atoms with Gasteiger partial charge in [-0.25, -0.2) is 0 Å². The Labute approximate surface area is 196 Å². The average molecular weight is 447 g/mol. The highest BCUT2D eigenvalue weighted by atomic mass is 16.4. The normalized spacial score (nSPS) is 16.1. The van der Waals surface area contributed by atoms with Crippen molar-refractivity contribution in [2.45, 2.75) is 76.7 Å². The lowest BCUT2D eigenvalue weighted by Crippen LogP contribution is -2.44. The Morgan fingerprint density at radius 2 is 1.70 bits per heavy atom. The molecule has 1 saturated heterocycles. The molecule has 0 bridgehead atoms. The first kappa shape index (κ1) is 23.1. The topological polar surface area (TPSA) is 72.1 Å². The quantitative estimate of drug-likeness (QED) is 0.389. The van der Waals surface area contributed by atoms with Gasteiger partial charge < -0.3 is 9.32 Å². The van der Waals surface area contributed by atoms with E-state index < -0.39 is 0 Å². The Morgan fingerprint density at radius 1 is 0.909 bits per heavy atom. The van der Waals surface area contributed by atoms with E-state index in [-0.39, 0.29) is 5.91 Å². The SMILES string of the molecule is O=C(CCc1nnc(CCCCc2ccccc2)o1)N1CCCC[C@@H]1CCc1ccccn1. The van der Waals surface area contributed by atoms with Gasteiger partial charge in [0.05, 0.1) is 0 Å². The molecule has 4 rings (SSSR count). The monoisotopic (exact) mass is 446 g/mol. The summed E-state index contributed by atoms with van der Waals surface area (Å²) in [6.45, 7) is 0.849. The second kappa shape index (κ2) is 12.3. The minimum atomic E-state index is 0.198. The number of unbranched alkanes of at least 4 members (excludes halogenated alkanes) is 1. The molecule has 1 fully saturated rings. The largest absolute Gasteiger partial charge is 0.425 e. The highest BCUT2D eigenvalue weighted by Crippen LogP contribution is 2.22. The van der Waals surface area contributed by atoms with Gasteiger partial charge >= 0.3 is 0 Å². The molecule has 0 spiro atoms. The van der Waals surface area contributed by atoms with Crippen LogP contribution < -0.4 is 0 Å². The fourth-order valence-corrected chi connectivity index (χ4v) is 4.59. The van der Waals surface area contributed by atoms with E-state index in [9.17, 15) is 4.79 Å². The van der Waals surface area contributed by atoms with Crippen LogP contribution in [-0.4, -0.2) is 38.6 Å². The van der Waals surface area contributed by atoms with Gasteiger partial charge in [0.2, 0.25) is 17.7 Å². The van der Waals surface area contributed by atoms with E-state index in [0.29, 0.717) is 30.7 Å². The van der Waals surface area contributed by atoms with Gasteiger partial charge in [-0.1, -0.05) is 36.4 Å². The maximum absolute atomic E-state index is 13.0. The molecule has 0 unspecified atom stereocenters. The van der Waals surface area contributed by atoms with Gasteiger partial charge in [0.25, 0.3) is 0 Å². The molecule has 2 aromatic heterocycles. The fraction of sp³-hybridized carbons (Fsp3) is 0.481. The zero-order valence-corrected chi connectivity index (χ0v) is 19.4. The fourth-order valence-electron chi connectivity index (χ4n) is 4.59. The molecule has 1 aliphatic rings. The van der Waals surface area contributed by atoms with Crippen LogP contribution in [0.1, 0.15) is 68.0 Å². The van der Waals surface area contributed by atoms with Crippen molar-refractivity contribution in [1.82, 2.24) is 20.1 Å². The number of nitrogens with zero attached hydrogens (tertiary/aromatic N) is 4. The first-order chi connectivity index (χ1) is 16.3. The summed E-state index contributed by atoms with van der Waals surface area (Å²) in [6, 6.07) is 16.8. The number of hydrogen-bond donors (Lipinski definition) is 0. The molecule has 6 heteroatoms. The van der Waals surface area contributed by atoms with E-state index in [2.05, 4.69) is 50.4 Å². The number of hydrogen-bond acceptors (Lipinski definition) is 5. The van der Waals surface area contributed by atoms with Crippen LogP contribution in [0.2, 0.25) is 0 Å². The summed E-state index contributed by atoms with van der Waals surface area (Å²) in [5, 5.41) is 8.35. The number of piperidine rings is 1. The van der Waals surface area contributed by atoms with E-state index in [0.717, 1.165) is 63.6 Å². The Morgan fingerprint density at radius 3 is 2.52 bits per heavy atom. The zero-order valence-electron chi connectivity index (χ0n) is 19.4. The smallest absolute Gasteiger partial charge is 0.223 e. The lowest BCUT2D eigenvalue weighted by Gasteiger charge is -2.36. The molecule has 1 aromatic carbocycles. The number of carbonyl (C=O) groups excluding carboxylic acids is 1. The van der Waals surface area contributed by atoms with Gasteiger partial charge in [0.15, 0.2) is 0 Å². The van der Waals surface area contributed by atoms with Crippen molar-refractivity contribution in [1.29, 1.82) is 0 Å². The third-order valence-corrected chi connectivity index (χ3v) is 6.42. The molecule has 1 amide bonds. The van der Waals surface area contributed by atoms with Gasteiger partial charge in [-0.2, -0.15) is 0 Å². The highest BCUT2D eigenvalue weighted by Gasteiger charge is 2.26. The Kier molecular flexibility index (Phi) is 8.62. The molecule has 0 radical (unpaired) electrons. The molecule has 0 aliphatic carbocycles. The van der Waals surface area contributed by atoms with Crippen molar-refractivity contribution >= 4 is 5.91 Å². The second-order valence-electron chi connectivity index (χ2n) is 8.88. The summed E-state index contributed by atoms with van der Waals surface area (Å²) in [5.74, 6) is 1.45. The third kappa shape index (κ3) is 7.24. The summed E-state index contributed by atoms with van der Waals surface area (Å²) in [5.41, 5.74) is 2.45. The van der Waals surface area contributed by atoms with Crippen molar-refractivity contribution in [2.75, 3.05) is 6.54 Å². The molecule has 0 N–H and O–H groups in total. The molecule has 3 aromatic rings. The predicted molar refractivity (Wildman–Crippen MR) is 128 cm³/mol. The summed E-state index contributed by atoms with van der Waals surface area (Å²) >= 11 is 0. The van der Waals surface area contributed by atoms with Gasteiger partial charge in [0.1, 0.15) is 0 Å². The molecule has 1 aliphatic heterocycles. The average Bonchev–Trinajstić information content (AvgIpc) is 3.33. The van der Waals surface area contributed by atoms with E-state index in [1.54, 1.807) is 0 Å². The molecule has 0 saturated carbocycles. The first-order valence-corrected chi connectivity index (χ1v) is 12.3. The van der Waals surface area contributed by atoms with Gasteiger partial charge in [-0.15, -0.1) is 10.2 Å². The van der Waals surface area contributed by atoms with E-state index in [1.807, 2.05) is 24.4 Å². The number of carbonyl (C=O) groups is 1. The zero-order chi connectivity index (χ0) is 22.7.